The third kappa shape index (κ3) is 6.16. The molecule has 0 aromatic heterocycles. The zero-order valence-corrected chi connectivity index (χ0v) is 13.2. The Morgan fingerprint density at radius 1 is 1.39 bits per heavy atom. The minimum Gasteiger partial charge on any atom is -0.383 e. The van der Waals surface area contributed by atoms with Gasteiger partial charge in [0, 0.05) is 42.8 Å². The van der Waals surface area contributed by atoms with Crippen LogP contribution < -0.4 is 5.32 Å². The van der Waals surface area contributed by atoms with Crippen LogP contribution in [-0.2, 0) is 11.3 Å². The van der Waals surface area contributed by atoms with Crippen LogP contribution in [0.4, 0.5) is 0 Å². The summed E-state index contributed by atoms with van der Waals surface area (Å²) in [4.78, 5) is 2.24. The van der Waals surface area contributed by atoms with Crippen LogP contribution in [0, 0.1) is 0 Å². The van der Waals surface area contributed by atoms with Gasteiger partial charge in [-0.15, -0.1) is 0 Å². The maximum Gasteiger partial charge on any atom is 0.0589 e. The predicted octanol–water partition coefficient (Wildman–Crippen LogP) is 2.77. The van der Waals surface area contributed by atoms with E-state index in [1.165, 1.54) is 5.56 Å². The molecule has 0 fully saturated rings. The highest BCUT2D eigenvalue weighted by Gasteiger charge is 2.01. The lowest BCUT2D eigenvalue weighted by Gasteiger charge is -2.16. The van der Waals surface area contributed by atoms with Crippen LogP contribution in [0.1, 0.15) is 5.56 Å². The summed E-state index contributed by atoms with van der Waals surface area (Å²) < 4.78 is 6.12. The Bertz CT molecular complexity index is 363. The van der Waals surface area contributed by atoms with Gasteiger partial charge in [0.25, 0.3) is 0 Å². The Labute approximate surface area is 123 Å². The van der Waals surface area contributed by atoms with E-state index in [0.717, 1.165) is 42.3 Å². The lowest BCUT2D eigenvalue weighted by atomic mass is 10.2. The van der Waals surface area contributed by atoms with E-state index >= 15 is 0 Å². The first-order valence-electron chi connectivity index (χ1n) is 5.95. The van der Waals surface area contributed by atoms with Crippen molar-refractivity contribution < 1.29 is 4.74 Å². The van der Waals surface area contributed by atoms with Gasteiger partial charge in [0.2, 0.25) is 0 Å². The maximum absolute atomic E-state index is 5.97. The van der Waals surface area contributed by atoms with Crippen molar-refractivity contribution in [2.75, 3.05) is 40.4 Å². The van der Waals surface area contributed by atoms with Crippen molar-refractivity contribution in [2.24, 2.45) is 0 Å². The van der Waals surface area contributed by atoms with Gasteiger partial charge in [-0.25, -0.2) is 0 Å². The second-order valence-corrected chi connectivity index (χ2v) is 5.50. The van der Waals surface area contributed by atoms with Gasteiger partial charge in [-0.1, -0.05) is 27.5 Å². The number of ether oxygens (including phenoxy) is 1. The van der Waals surface area contributed by atoms with Gasteiger partial charge in [0.1, 0.15) is 0 Å². The highest BCUT2D eigenvalue weighted by atomic mass is 79.9. The number of benzene rings is 1. The molecule has 0 atom stereocenters. The highest BCUT2D eigenvalue weighted by Crippen LogP contribution is 2.20. The molecule has 0 unspecified atom stereocenters. The molecule has 0 aliphatic carbocycles. The van der Waals surface area contributed by atoms with E-state index in [1.54, 1.807) is 7.11 Å². The van der Waals surface area contributed by atoms with Gasteiger partial charge in [-0.05, 0) is 30.8 Å². The van der Waals surface area contributed by atoms with E-state index < -0.39 is 0 Å². The first kappa shape index (κ1) is 15.9. The van der Waals surface area contributed by atoms with Crippen molar-refractivity contribution in [3.63, 3.8) is 0 Å². The molecule has 1 rings (SSSR count). The topological polar surface area (TPSA) is 24.5 Å². The molecule has 0 heterocycles. The van der Waals surface area contributed by atoms with Crippen molar-refractivity contribution in [1.82, 2.24) is 10.2 Å². The highest BCUT2D eigenvalue weighted by molar-refractivity contribution is 9.10. The van der Waals surface area contributed by atoms with Crippen molar-refractivity contribution in [1.29, 1.82) is 0 Å². The summed E-state index contributed by atoms with van der Waals surface area (Å²) >= 11 is 9.49. The number of methoxy groups -OCH3 is 1. The standard InChI is InChI=1S/C13H20BrClN2O/c1-17(7-8-18-2)6-5-16-10-11-9-12(15)3-4-13(11)14/h3-4,9,16H,5-8,10H2,1-2H3. The normalized spacial score (nSPS) is 11.2. The summed E-state index contributed by atoms with van der Waals surface area (Å²) in [6, 6.07) is 5.84. The number of hydrogen-bond acceptors (Lipinski definition) is 3. The fourth-order valence-electron chi connectivity index (χ4n) is 1.53. The molecule has 0 spiro atoms. The number of halogens is 2. The van der Waals surface area contributed by atoms with Crippen molar-refractivity contribution >= 4 is 27.5 Å². The van der Waals surface area contributed by atoms with Crippen LogP contribution in [0.3, 0.4) is 0 Å². The van der Waals surface area contributed by atoms with Gasteiger partial charge in [0.15, 0.2) is 0 Å². The van der Waals surface area contributed by atoms with Crippen molar-refractivity contribution in [3.05, 3.63) is 33.3 Å². The maximum atomic E-state index is 5.97. The first-order chi connectivity index (χ1) is 8.63. The van der Waals surface area contributed by atoms with Crippen LogP contribution in [0.2, 0.25) is 5.02 Å². The average Bonchev–Trinajstić information content (AvgIpc) is 2.36. The Kier molecular flexibility index (Phi) is 7.86. The lowest BCUT2D eigenvalue weighted by molar-refractivity contribution is 0.161. The smallest absolute Gasteiger partial charge is 0.0589 e. The Balaban J connectivity index is 2.23. The molecular formula is C13H20BrClN2O. The molecule has 5 heteroatoms. The van der Waals surface area contributed by atoms with Crippen LogP contribution in [0.25, 0.3) is 0 Å². The third-order valence-electron chi connectivity index (χ3n) is 2.67. The third-order valence-corrected chi connectivity index (χ3v) is 3.68. The molecule has 18 heavy (non-hydrogen) atoms. The lowest BCUT2D eigenvalue weighted by Crippen LogP contribution is -2.31. The largest absolute Gasteiger partial charge is 0.383 e. The van der Waals surface area contributed by atoms with E-state index in [1.807, 2.05) is 18.2 Å². The summed E-state index contributed by atoms with van der Waals surface area (Å²) in [6.07, 6.45) is 0. The fourth-order valence-corrected chi connectivity index (χ4v) is 2.11. The molecule has 1 aromatic rings. The molecule has 0 saturated carbocycles. The molecular weight excluding hydrogens is 316 g/mol. The van der Waals surface area contributed by atoms with Gasteiger partial charge in [0.05, 0.1) is 6.61 Å². The van der Waals surface area contributed by atoms with Gasteiger partial charge in [-0.3, -0.25) is 0 Å². The number of hydrogen-bond donors (Lipinski definition) is 1. The van der Waals surface area contributed by atoms with Crippen LogP contribution in [0.15, 0.2) is 22.7 Å². The summed E-state index contributed by atoms with van der Waals surface area (Å²) in [5.41, 5.74) is 1.18. The molecule has 0 radical (unpaired) electrons. The monoisotopic (exact) mass is 334 g/mol. The average molecular weight is 336 g/mol. The summed E-state index contributed by atoms with van der Waals surface area (Å²) in [6.45, 7) is 4.50. The van der Waals surface area contributed by atoms with Crippen LogP contribution >= 0.6 is 27.5 Å². The van der Waals surface area contributed by atoms with Gasteiger partial charge in [-0.2, -0.15) is 0 Å². The van der Waals surface area contributed by atoms with E-state index in [0.29, 0.717) is 0 Å². The number of rotatable bonds is 8. The SMILES string of the molecule is COCCN(C)CCNCc1cc(Cl)ccc1Br. The minimum absolute atomic E-state index is 0.771. The molecule has 0 amide bonds. The molecule has 0 bridgehead atoms. The zero-order valence-electron chi connectivity index (χ0n) is 10.9. The first-order valence-corrected chi connectivity index (χ1v) is 7.12. The summed E-state index contributed by atoms with van der Waals surface area (Å²) in [5, 5.41) is 4.18. The van der Waals surface area contributed by atoms with E-state index in [4.69, 9.17) is 16.3 Å². The van der Waals surface area contributed by atoms with Crippen molar-refractivity contribution in [3.8, 4) is 0 Å². The molecule has 1 aromatic carbocycles. The Morgan fingerprint density at radius 2 is 2.17 bits per heavy atom. The Morgan fingerprint density at radius 3 is 2.89 bits per heavy atom. The molecule has 102 valence electrons. The second kappa shape index (κ2) is 8.88. The van der Waals surface area contributed by atoms with E-state index in [2.05, 4.69) is 33.2 Å². The summed E-state index contributed by atoms with van der Waals surface area (Å²) in [5.74, 6) is 0. The zero-order chi connectivity index (χ0) is 13.4. The van der Waals surface area contributed by atoms with Gasteiger partial charge < -0.3 is 15.0 Å². The predicted molar refractivity (Wildman–Crippen MR) is 80.2 cm³/mol. The number of nitrogens with zero attached hydrogens (tertiary/aromatic N) is 1. The molecule has 1 N–H and O–H groups in total. The van der Waals surface area contributed by atoms with E-state index in [9.17, 15) is 0 Å². The van der Waals surface area contributed by atoms with Crippen LogP contribution in [0.5, 0.6) is 0 Å². The second-order valence-electron chi connectivity index (χ2n) is 4.21. The summed E-state index contributed by atoms with van der Waals surface area (Å²) in [7, 11) is 3.82. The van der Waals surface area contributed by atoms with Crippen LogP contribution in [-0.4, -0.2) is 45.3 Å². The van der Waals surface area contributed by atoms with Crippen molar-refractivity contribution in [2.45, 2.75) is 6.54 Å². The fraction of sp³-hybridized carbons (Fsp3) is 0.538. The molecule has 0 saturated heterocycles. The number of nitrogens with one attached hydrogen (secondary N) is 1. The quantitative estimate of drug-likeness (QED) is 0.739. The minimum atomic E-state index is 0.771. The molecule has 0 aliphatic rings. The van der Waals surface area contributed by atoms with E-state index in [-0.39, 0.29) is 0 Å². The number of likely N-dealkylation sites (N-methyl/N-ethyl adjacent to an activating group) is 1. The molecule has 3 nitrogen and oxygen atoms in total. The van der Waals surface area contributed by atoms with Gasteiger partial charge >= 0.3 is 0 Å². The Hall–Kier alpha value is -0.130. The molecule has 0 aliphatic heterocycles.